The zero-order chi connectivity index (χ0) is 65.7. The number of benzene rings is 4. The van der Waals surface area contributed by atoms with Gasteiger partial charge >= 0.3 is 30.1 Å². The molecule has 0 saturated carbocycles. The van der Waals surface area contributed by atoms with Crippen LogP contribution < -0.4 is 20.7 Å². The summed E-state index contributed by atoms with van der Waals surface area (Å²) in [5.41, 5.74) is 5.13. The first-order valence-corrected chi connectivity index (χ1v) is 31.7. The largest absolute Gasteiger partial charge is 0.493 e. The molecule has 4 aromatic carbocycles. The Bertz CT molecular complexity index is 3010. The molecule has 0 spiro atoms. The van der Waals surface area contributed by atoms with Gasteiger partial charge in [0.1, 0.15) is 17.8 Å². The average Bonchev–Trinajstić information content (AvgIpc) is 3.46. The molecule has 23 heteroatoms. The van der Waals surface area contributed by atoms with Gasteiger partial charge < -0.3 is 41.1 Å². The smallest absolute Gasteiger partial charge is 0.417 e. The van der Waals surface area contributed by atoms with Gasteiger partial charge in [0.15, 0.2) is 0 Å². The topological polar surface area (TPSA) is 262 Å². The lowest BCUT2D eigenvalue weighted by Gasteiger charge is -2.33. The van der Waals surface area contributed by atoms with E-state index in [9.17, 15) is 54.0 Å². The Morgan fingerprint density at radius 3 is 1.80 bits per heavy atom. The van der Waals surface area contributed by atoms with Crippen molar-refractivity contribution in [1.82, 2.24) is 40.4 Å². The fourth-order valence-corrected chi connectivity index (χ4v) is 11.5. The lowest BCUT2D eigenvalue weighted by Crippen LogP contribution is -2.52. The van der Waals surface area contributed by atoms with Gasteiger partial charge in [-0.3, -0.25) is 58.1 Å². The summed E-state index contributed by atoms with van der Waals surface area (Å²) < 4.78 is 51.3. The Labute approximate surface area is 531 Å². The van der Waals surface area contributed by atoms with Crippen LogP contribution >= 0.6 is 0 Å². The van der Waals surface area contributed by atoms with E-state index in [1.54, 1.807) is 30.6 Å². The average molecular weight is 1270 g/mol. The SMILES string of the molecule is Cc1ccc(CCCC(=O)NCCCC[C@H](NC(=O)CN2CCN(CC(=O)O)CCN(CC(=O)O)CCN(CC(=O)O)CC2)C(=O)NCCCCCCOc2cc(/C=C/c3cccc(-c4ccccc4)c3C)c(C(F)(F)F)cc2CN2CCCC[C@H]2C(=O)O)cc1. The summed E-state index contributed by atoms with van der Waals surface area (Å²) in [6.45, 7) is 5.51. The number of carboxylic acid groups (broad SMARTS) is 4. The van der Waals surface area contributed by atoms with Crippen LogP contribution in [-0.4, -0.2) is 203 Å². The summed E-state index contributed by atoms with van der Waals surface area (Å²) in [4.78, 5) is 96.8. The zero-order valence-corrected chi connectivity index (χ0v) is 52.5. The Morgan fingerprint density at radius 2 is 1.20 bits per heavy atom. The van der Waals surface area contributed by atoms with Crippen LogP contribution in [0, 0.1) is 13.8 Å². The van der Waals surface area contributed by atoms with Crippen LogP contribution in [0.3, 0.4) is 0 Å². The van der Waals surface area contributed by atoms with Crippen LogP contribution in [0.4, 0.5) is 13.2 Å². The summed E-state index contributed by atoms with van der Waals surface area (Å²) in [5, 5.41) is 47.8. The molecule has 20 nitrogen and oxygen atoms in total. The van der Waals surface area contributed by atoms with Gasteiger partial charge in [0.2, 0.25) is 17.7 Å². The fourth-order valence-electron chi connectivity index (χ4n) is 11.5. The number of carbonyl (C=O) groups excluding carboxylic acids is 3. The van der Waals surface area contributed by atoms with Crippen LogP contribution in [0.25, 0.3) is 23.3 Å². The monoisotopic (exact) mass is 1270 g/mol. The number of nitrogens with one attached hydrogen (secondary N) is 3. The molecule has 2 aliphatic heterocycles. The molecular weight excluding hydrogens is 1180 g/mol. The summed E-state index contributed by atoms with van der Waals surface area (Å²) in [6.07, 6.45) is 5.50. The number of nitrogens with zero attached hydrogens (tertiary/aromatic N) is 5. The molecule has 0 bridgehead atoms. The fraction of sp³-hybridized carbons (Fsp3) is 0.515. The molecule has 2 aliphatic rings. The number of ether oxygens (including phenoxy) is 1. The van der Waals surface area contributed by atoms with Crippen molar-refractivity contribution in [2.45, 2.75) is 122 Å². The first-order valence-electron chi connectivity index (χ1n) is 31.7. The molecule has 2 fully saturated rings. The molecule has 496 valence electrons. The van der Waals surface area contributed by atoms with Gasteiger partial charge in [0.05, 0.1) is 38.3 Å². The normalized spacial score (nSPS) is 16.5. The van der Waals surface area contributed by atoms with Crippen molar-refractivity contribution in [1.29, 1.82) is 0 Å². The third-order valence-corrected chi connectivity index (χ3v) is 16.6. The second-order valence-corrected chi connectivity index (χ2v) is 23.7. The maximum atomic E-state index is 15.0. The minimum Gasteiger partial charge on any atom is -0.493 e. The number of unbranched alkanes of at least 4 members (excludes halogenated alkanes) is 4. The van der Waals surface area contributed by atoms with Crippen molar-refractivity contribution >= 4 is 53.8 Å². The number of halogens is 3. The molecule has 2 heterocycles. The van der Waals surface area contributed by atoms with E-state index in [1.165, 1.54) is 12.1 Å². The quantitative estimate of drug-likeness (QED) is 0.0176. The molecule has 6 rings (SSSR count). The predicted octanol–water partition coefficient (Wildman–Crippen LogP) is 7.92. The Hall–Kier alpha value is -7.70. The van der Waals surface area contributed by atoms with E-state index >= 15 is 13.2 Å². The van der Waals surface area contributed by atoms with Crippen molar-refractivity contribution in [3.8, 4) is 16.9 Å². The Kier molecular flexibility index (Phi) is 29.9. The van der Waals surface area contributed by atoms with Gasteiger partial charge in [-0.15, -0.1) is 0 Å². The lowest BCUT2D eigenvalue weighted by molar-refractivity contribution is -0.145. The highest BCUT2D eigenvalue weighted by atomic mass is 19.4. The van der Waals surface area contributed by atoms with Crippen LogP contribution in [-0.2, 0) is 52.7 Å². The summed E-state index contributed by atoms with van der Waals surface area (Å²) >= 11 is 0. The molecule has 2 atom stereocenters. The number of carboxylic acids is 4. The van der Waals surface area contributed by atoms with Gasteiger partial charge in [-0.25, -0.2) is 0 Å². The summed E-state index contributed by atoms with van der Waals surface area (Å²) in [5.74, 6) is -5.05. The molecule has 91 heavy (non-hydrogen) atoms. The van der Waals surface area contributed by atoms with E-state index < -0.39 is 59.5 Å². The predicted molar refractivity (Wildman–Crippen MR) is 341 cm³/mol. The second kappa shape index (κ2) is 37.6. The van der Waals surface area contributed by atoms with Gasteiger partial charge in [0, 0.05) is 84.0 Å². The van der Waals surface area contributed by atoms with E-state index in [0.29, 0.717) is 83.7 Å². The molecule has 3 amide bonds. The number of carbonyl (C=O) groups is 7. The van der Waals surface area contributed by atoms with Crippen molar-refractivity contribution < 1.29 is 71.9 Å². The third kappa shape index (κ3) is 25.8. The summed E-state index contributed by atoms with van der Waals surface area (Å²) in [6, 6.07) is 24.2. The minimum atomic E-state index is -4.74. The Balaban J connectivity index is 1.09. The number of alkyl halides is 3. The number of aliphatic carboxylic acids is 4. The molecule has 0 aliphatic carbocycles. The number of likely N-dealkylation sites (tertiary alicyclic amines) is 1. The molecular formula is C68H91F3N8O12. The number of piperidine rings is 1. The van der Waals surface area contributed by atoms with Gasteiger partial charge in [-0.1, -0.05) is 110 Å². The van der Waals surface area contributed by atoms with Gasteiger partial charge in [0.25, 0.3) is 0 Å². The molecule has 0 unspecified atom stereocenters. The first kappa shape index (κ1) is 72.4. The van der Waals surface area contributed by atoms with Crippen molar-refractivity contribution in [3.05, 3.63) is 124 Å². The van der Waals surface area contributed by atoms with E-state index in [2.05, 4.69) is 28.1 Å². The molecule has 2 saturated heterocycles. The maximum absolute atomic E-state index is 15.0. The van der Waals surface area contributed by atoms with E-state index in [-0.39, 0.29) is 127 Å². The standard InChI is InChI=1S/C68H91F3N8O12/c1-49-24-26-51(27-25-49)16-14-23-61(80)72-30-11-8-21-58(74-62(81)45-75-33-35-76(46-63(82)83)37-39-78(48-65(86)87)40-38-77(36-34-75)47-64(84)85)66(88)73-31-10-3-4-13-41-91-60-43-54(29-28-52-19-15-20-56(50(52)2)53-17-6-5-7-18-53)57(68(69,70)71)42-55(60)44-79-32-12-9-22-59(79)67(89)90/h5-7,15,17-20,24-29,42-43,58-59H,3-4,8-14,16,21-23,30-41,44-48H2,1-2H3,(H,72,80)(H,73,88)(H,74,81)(H,82,83)(H,84,85)(H,86,87)(H,89,90)/b29-28+/t58-,59-/m0/s1. The van der Waals surface area contributed by atoms with Crippen LogP contribution in [0.1, 0.15) is 116 Å². The highest BCUT2D eigenvalue weighted by molar-refractivity contribution is 5.88. The number of aryl methyl sites for hydroxylation is 2. The van der Waals surface area contributed by atoms with Crippen molar-refractivity contribution in [2.75, 3.05) is 105 Å². The Morgan fingerprint density at radius 1 is 0.615 bits per heavy atom. The third-order valence-electron chi connectivity index (χ3n) is 16.6. The maximum Gasteiger partial charge on any atom is 0.417 e. The number of hydrogen-bond donors (Lipinski definition) is 7. The van der Waals surface area contributed by atoms with Crippen LogP contribution in [0.5, 0.6) is 5.75 Å². The van der Waals surface area contributed by atoms with Crippen molar-refractivity contribution in [3.63, 3.8) is 0 Å². The molecule has 7 N–H and O–H groups in total. The highest BCUT2D eigenvalue weighted by Crippen LogP contribution is 2.39. The van der Waals surface area contributed by atoms with E-state index in [1.807, 2.05) is 74.5 Å². The number of hydrogen-bond acceptors (Lipinski definition) is 13. The lowest BCUT2D eigenvalue weighted by atomic mass is 9.95. The number of amides is 3. The summed E-state index contributed by atoms with van der Waals surface area (Å²) in [7, 11) is 0. The first-order chi connectivity index (χ1) is 43.6. The molecule has 0 aromatic heterocycles. The second-order valence-electron chi connectivity index (χ2n) is 23.7. The van der Waals surface area contributed by atoms with Crippen molar-refractivity contribution in [2.24, 2.45) is 0 Å². The van der Waals surface area contributed by atoms with Gasteiger partial charge in [-0.2, -0.15) is 13.2 Å². The van der Waals surface area contributed by atoms with E-state index in [4.69, 9.17) is 4.74 Å². The minimum absolute atomic E-state index is 0.0541. The molecule has 0 radical (unpaired) electrons. The zero-order valence-electron chi connectivity index (χ0n) is 52.5. The highest BCUT2D eigenvalue weighted by Gasteiger charge is 2.36. The van der Waals surface area contributed by atoms with Crippen LogP contribution in [0.15, 0.2) is 84.9 Å². The van der Waals surface area contributed by atoms with E-state index in [0.717, 1.165) is 45.9 Å². The van der Waals surface area contributed by atoms with Crippen LogP contribution in [0.2, 0.25) is 0 Å². The van der Waals surface area contributed by atoms with Gasteiger partial charge in [-0.05, 0) is 124 Å². The molecule has 4 aromatic rings. The number of rotatable bonds is 33.